The minimum Gasteiger partial charge on any atom is -0.497 e. The Hall–Kier alpha value is -3.92. The lowest BCUT2D eigenvalue weighted by Gasteiger charge is -2.32. The summed E-state index contributed by atoms with van der Waals surface area (Å²) in [5, 5.41) is 2.99. The number of para-hydroxylation sites is 1. The number of carbonyl (C=O) groups excluding carboxylic acids is 3. The highest BCUT2D eigenvalue weighted by Gasteiger charge is 2.36. The molecule has 3 rings (SSSR count). The lowest BCUT2D eigenvalue weighted by atomic mass is 10.00. The molecule has 0 saturated carbocycles. The predicted octanol–water partition coefficient (Wildman–Crippen LogP) is 3.95. The van der Waals surface area contributed by atoms with E-state index in [4.69, 9.17) is 16.2 Å². The lowest BCUT2D eigenvalue weighted by Crippen LogP contribution is -2.44. The molecule has 0 aliphatic carbocycles. The molecule has 2 aromatic carbocycles. The van der Waals surface area contributed by atoms with E-state index in [2.05, 4.69) is 23.5 Å². The molecule has 0 bridgehead atoms. The van der Waals surface area contributed by atoms with Crippen molar-refractivity contribution in [2.75, 3.05) is 24.3 Å². The standard InChI is InChI=1S/C27H33N5O4S/c1-5-17-8-6-7-9-20(17)32(27(35)24-21(28)22(25(29)33)31-37-24)23(26(34)30-15-14-16(2)3)18-10-12-19(36-4)13-11-18/h6-13,16,23H,5,14-15,28H2,1-4H3,(H2,29,33)(H,30,34)/t23-/m0/s1. The van der Waals surface area contributed by atoms with Crippen LogP contribution in [0.2, 0.25) is 0 Å². The van der Waals surface area contributed by atoms with Crippen molar-refractivity contribution in [2.24, 2.45) is 11.7 Å². The zero-order valence-electron chi connectivity index (χ0n) is 21.5. The van der Waals surface area contributed by atoms with E-state index in [1.807, 2.05) is 19.1 Å². The van der Waals surface area contributed by atoms with Crippen molar-refractivity contribution in [3.8, 4) is 5.75 Å². The van der Waals surface area contributed by atoms with Gasteiger partial charge >= 0.3 is 0 Å². The lowest BCUT2D eigenvalue weighted by molar-refractivity contribution is -0.122. The Morgan fingerprint density at radius 2 is 1.78 bits per heavy atom. The molecule has 196 valence electrons. The summed E-state index contributed by atoms with van der Waals surface area (Å²) in [6.07, 6.45) is 1.40. The predicted molar refractivity (Wildman–Crippen MR) is 146 cm³/mol. The third-order valence-corrected chi connectivity index (χ3v) is 6.82. The monoisotopic (exact) mass is 523 g/mol. The van der Waals surface area contributed by atoms with Crippen LogP contribution in [0.5, 0.6) is 5.75 Å². The minimum atomic E-state index is -1.03. The van der Waals surface area contributed by atoms with Gasteiger partial charge in [0.2, 0.25) is 5.91 Å². The second-order valence-corrected chi connectivity index (χ2v) is 9.72. The highest BCUT2D eigenvalue weighted by atomic mass is 32.1. The van der Waals surface area contributed by atoms with Gasteiger partial charge in [0, 0.05) is 12.2 Å². The van der Waals surface area contributed by atoms with Crippen LogP contribution in [0.25, 0.3) is 0 Å². The zero-order valence-corrected chi connectivity index (χ0v) is 22.3. The fourth-order valence-electron chi connectivity index (χ4n) is 3.93. The Bertz CT molecular complexity index is 1260. The number of ether oxygens (including phenoxy) is 1. The van der Waals surface area contributed by atoms with Gasteiger partial charge in [-0.2, -0.15) is 4.37 Å². The number of aryl methyl sites for hydroxylation is 1. The molecule has 1 heterocycles. The molecule has 3 amide bonds. The van der Waals surface area contributed by atoms with Crippen LogP contribution >= 0.6 is 11.5 Å². The molecule has 5 N–H and O–H groups in total. The second kappa shape index (κ2) is 12.4. The molecule has 0 spiro atoms. The van der Waals surface area contributed by atoms with Crippen molar-refractivity contribution in [3.05, 3.63) is 70.2 Å². The molecule has 10 heteroatoms. The summed E-state index contributed by atoms with van der Waals surface area (Å²) in [5.74, 6) is -0.715. The van der Waals surface area contributed by atoms with Gasteiger partial charge in [0.25, 0.3) is 11.8 Å². The Morgan fingerprint density at radius 3 is 2.35 bits per heavy atom. The molecule has 0 fully saturated rings. The van der Waals surface area contributed by atoms with Gasteiger partial charge in [0.15, 0.2) is 5.69 Å². The number of rotatable bonds is 11. The van der Waals surface area contributed by atoms with E-state index < -0.39 is 17.9 Å². The van der Waals surface area contributed by atoms with E-state index in [-0.39, 0.29) is 22.2 Å². The summed E-state index contributed by atoms with van der Waals surface area (Å²) in [6.45, 7) is 6.57. The fourth-order valence-corrected chi connectivity index (χ4v) is 4.68. The van der Waals surface area contributed by atoms with Gasteiger partial charge in [-0.25, -0.2) is 0 Å². The smallest absolute Gasteiger partial charge is 0.273 e. The van der Waals surface area contributed by atoms with Gasteiger partial charge in [0.05, 0.1) is 12.8 Å². The Kier molecular flexibility index (Phi) is 9.24. The van der Waals surface area contributed by atoms with Gasteiger partial charge in [-0.1, -0.05) is 51.1 Å². The minimum absolute atomic E-state index is 0.0354. The van der Waals surface area contributed by atoms with E-state index in [0.717, 1.165) is 23.5 Å². The normalized spacial score (nSPS) is 11.7. The Labute approximate surface area is 221 Å². The van der Waals surface area contributed by atoms with E-state index in [1.165, 1.54) is 4.90 Å². The molecule has 1 atom stereocenters. The van der Waals surface area contributed by atoms with Crippen molar-refractivity contribution in [1.29, 1.82) is 0 Å². The van der Waals surface area contributed by atoms with Crippen molar-refractivity contribution in [1.82, 2.24) is 9.69 Å². The molecule has 0 radical (unpaired) electrons. The first-order valence-electron chi connectivity index (χ1n) is 12.1. The van der Waals surface area contributed by atoms with E-state index >= 15 is 0 Å². The largest absolute Gasteiger partial charge is 0.497 e. The number of benzene rings is 2. The quantitative estimate of drug-likeness (QED) is 0.348. The number of nitrogens with zero attached hydrogens (tertiary/aromatic N) is 2. The van der Waals surface area contributed by atoms with Gasteiger partial charge < -0.3 is 21.5 Å². The van der Waals surface area contributed by atoms with Gasteiger partial charge in [-0.3, -0.25) is 19.3 Å². The number of anilines is 2. The van der Waals surface area contributed by atoms with Crippen molar-refractivity contribution < 1.29 is 19.1 Å². The molecule has 0 unspecified atom stereocenters. The highest BCUT2D eigenvalue weighted by molar-refractivity contribution is 7.09. The molecule has 3 aromatic rings. The van der Waals surface area contributed by atoms with Crippen molar-refractivity contribution >= 4 is 40.6 Å². The summed E-state index contributed by atoms with van der Waals surface area (Å²) in [7, 11) is 1.56. The summed E-state index contributed by atoms with van der Waals surface area (Å²) >= 11 is 0.782. The Morgan fingerprint density at radius 1 is 1.11 bits per heavy atom. The van der Waals surface area contributed by atoms with Crippen LogP contribution in [-0.2, 0) is 11.2 Å². The molecular weight excluding hydrogens is 490 g/mol. The fraction of sp³-hybridized carbons (Fsp3) is 0.333. The van der Waals surface area contributed by atoms with E-state index in [1.54, 1.807) is 43.5 Å². The number of methoxy groups -OCH3 is 1. The van der Waals surface area contributed by atoms with Crippen LogP contribution in [0, 0.1) is 5.92 Å². The number of nitrogens with two attached hydrogens (primary N) is 2. The maximum absolute atomic E-state index is 14.2. The molecule has 0 aliphatic heterocycles. The van der Waals surface area contributed by atoms with Crippen LogP contribution < -0.4 is 26.4 Å². The number of hydrogen-bond acceptors (Lipinski definition) is 7. The number of nitrogens with one attached hydrogen (secondary N) is 1. The average molecular weight is 524 g/mol. The van der Waals surface area contributed by atoms with E-state index in [0.29, 0.717) is 35.9 Å². The van der Waals surface area contributed by atoms with Crippen molar-refractivity contribution in [2.45, 2.75) is 39.7 Å². The van der Waals surface area contributed by atoms with Gasteiger partial charge in [-0.05, 0) is 59.6 Å². The van der Waals surface area contributed by atoms with Crippen LogP contribution in [-0.4, -0.2) is 35.7 Å². The van der Waals surface area contributed by atoms with Gasteiger partial charge in [0.1, 0.15) is 16.7 Å². The summed E-state index contributed by atoms with van der Waals surface area (Å²) in [4.78, 5) is 41.2. The van der Waals surface area contributed by atoms with Gasteiger partial charge in [-0.15, -0.1) is 0 Å². The summed E-state index contributed by atoms with van der Waals surface area (Å²) in [5.41, 5.74) is 13.3. The molecular formula is C27H33N5O4S. The first kappa shape index (κ1) is 27.7. The Balaban J connectivity index is 2.20. The molecule has 37 heavy (non-hydrogen) atoms. The van der Waals surface area contributed by atoms with E-state index in [9.17, 15) is 14.4 Å². The van der Waals surface area contributed by atoms with Crippen molar-refractivity contribution in [3.63, 3.8) is 0 Å². The third kappa shape index (κ3) is 6.26. The molecule has 1 aromatic heterocycles. The number of carbonyl (C=O) groups is 3. The SMILES string of the molecule is CCc1ccccc1N(C(=O)c1snc(C(N)=O)c1N)[C@H](C(=O)NCCC(C)C)c1ccc(OC)cc1. The molecule has 0 saturated heterocycles. The summed E-state index contributed by atoms with van der Waals surface area (Å²) < 4.78 is 9.29. The number of nitrogen functional groups attached to an aromatic ring is 1. The topological polar surface area (TPSA) is 141 Å². The first-order chi connectivity index (χ1) is 17.7. The first-order valence-corrected chi connectivity index (χ1v) is 12.8. The van der Waals surface area contributed by atoms with Crippen LogP contribution in [0.1, 0.15) is 64.5 Å². The molecule has 0 aliphatic rings. The summed E-state index contributed by atoms with van der Waals surface area (Å²) in [6, 6.07) is 13.3. The highest BCUT2D eigenvalue weighted by Crippen LogP contribution is 2.35. The average Bonchev–Trinajstić information content (AvgIpc) is 3.28. The number of amides is 3. The second-order valence-electron chi connectivity index (χ2n) is 8.94. The van der Waals surface area contributed by atoms with Crippen LogP contribution in [0.15, 0.2) is 48.5 Å². The molecule has 9 nitrogen and oxygen atoms in total. The van der Waals surface area contributed by atoms with Crippen LogP contribution in [0.3, 0.4) is 0 Å². The number of hydrogen-bond donors (Lipinski definition) is 3. The maximum atomic E-state index is 14.2. The maximum Gasteiger partial charge on any atom is 0.273 e. The number of primary amides is 1. The van der Waals surface area contributed by atoms with Crippen LogP contribution in [0.4, 0.5) is 11.4 Å². The third-order valence-electron chi connectivity index (χ3n) is 5.97. The zero-order chi connectivity index (χ0) is 27.1. The number of aromatic nitrogens is 1.